The Labute approximate surface area is 118 Å². The fourth-order valence-corrected chi connectivity index (χ4v) is 2.65. The van der Waals surface area contributed by atoms with Gasteiger partial charge in [-0.15, -0.1) is 5.10 Å². The van der Waals surface area contributed by atoms with Crippen LogP contribution in [0.3, 0.4) is 0 Å². The molecule has 1 aliphatic carbocycles. The van der Waals surface area contributed by atoms with E-state index in [0.29, 0.717) is 12.5 Å². The Hall–Kier alpha value is -1.63. The largest absolute Gasteiger partial charge is 0.388 e. The molecule has 0 radical (unpaired) electrons. The van der Waals surface area contributed by atoms with E-state index in [0.717, 1.165) is 32.1 Å². The summed E-state index contributed by atoms with van der Waals surface area (Å²) < 4.78 is 1.38. The Morgan fingerprint density at radius 3 is 2.85 bits per heavy atom. The van der Waals surface area contributed by atoms with Gasteiger partial charge in [-0.3, -0.25) is 4.79 Å². The summed E-state index contributed by atoms with van der Waals surface area (Å²) in [5, 5.41) is 17.0. The minimum Gasteiger partial charge on any atom is -0.388 e. The molecule has 1 aromatic heterocycles. The van der Waals surface area contributed by atoms with Gasteiger partial charge in [-0.1, -0.05) is 13.3 Å². The maximum absolute atomic E-state index is 11.8. The predicted octanol–water partition coefficient (Wildman–Crippen LogP) is 0.308. The lowest BCUT2D eigenvalue weighted by atomic mass is 9.78. The highest BCUT2D eigenvalue weighted by Gasteiger charge is 2.32. The van der Waals surface area contributed by atoms with Crippen LogP contribution in [0.4, 0.5) is 5.95 Å². The molecular formula is C13H23N5O2. The van der Waals surface area contributed by atoms with E-state index in [-0.39, 0.29) is 18.4 Å². The molecule has 0 atom stereocenters. The molecule has 2 rings (SSSR count). The number of nitrogen functional groups attached to an aromatic ring is 1. The Morgan fingerprint density at radius 1 is 1.60 bits per heavy atom. The molecular weight excluding hydrogens is 258 g/mol. The molecule has 0 aromatic carbocycles. The van der Waals surface area contributed by atoms with Crippen LogP contribution in [0.2, 0.25) is 0 Å². The van der Waals surface area contributed by atoms with Crippen LogP contribution in [-0.4, -0.2) is 37.9 Å². The molecule has 7 heteroatoms. The minimum absolute atomic E-state index is 0.0673. The van der Waals surface area contributed by atoms with E-state index in [1.54, 1.807) is 0 Å². The zero-order chi connectivity index (χ0) is 14.6. The molecule has 1 fully saturated rings. The molecule has 7 nitrogen and oxygen atoms in total. The molecule has 1 aliphatic rings. The number of nitrogens with one attached hydrogen (secondary N) is 1. The average molecular weight is 281 g/mol. The molecule has 1 heterocycles. The Morgan fingerprint density at radius 2 is 2.30 bits per heavy atom. The van der Waals surface area contributed by atoms with Gasteiger partial charge in [-0.25, -0.2) is 9.67 Å². The van der Waals surface area contributed by atoms with Crippen LogP contribution in [-0.2, 0) is 11.3 Å². The third-order valence-corrected chi connectivity index (χ3v) is 4.09. The van der Waals surface area contributed by atoms with Crippen LogP contribution in [0.5, 0.6) is 0 Å². The molecule has 1 amide bonds. The first-order chi connectivity index (χ1) is 9.50. The van der Waals surface area contributed by atoms with Crippen molar-refractivity contribution in [3.63, 3.8) is 0 Å². The van der Waals surface area contributed by atoms with Crippen molar-refractivity contribution in [3.05, 3.63) is 6.33 Å². The molecule has 4 N–H and O–H groups in total. The van der Waals surface area contributed by atoms with Crippen molar-refractivity contribution in [2.75, 3.05) is 12.3 Å². The van der Waals surface area contributed by atoms with E-state index >= 15 is 0 Å². The van der Waals surface area contributed by atoms with E-state index in [2.05, 4.69) is 22.3 Å². The summed E-state index contributed by atoms with van der Waals surface area (Å²) in [6, 6.07) is 0. The second-order valence-corrected chi connectivity index (χ2v) is 5.65. The molecule has 0 saturated heterocycles. The molecule has 1 aromatic rings. The fraction of sp³-hybridized carbons (Fsp3) is 0.769. The van der Waals surface area contributed by atoms with Crippen molar-refractivity contribution in [2.45, 2.75) is 51.2 Å². The number of amides is 1. The summed E-state index contributed by atoms with van der Waals surface area (Å²) in [4.78, 5) is 15.5. The van der Waals surface area contributed by atoms with Gasteiger partial charge in [0.1, 0.15) is 12.9 Å². The van der Waals surface area contributed by atoms with Gasteiger partial charge < -0.3 is 16.2 Å². The summed E-state index contributed by atoms with van der Waals surface area (Å²) in [7, 11) is 0. The van der Waals surface area contributed by atoms with Crippen LogP contribution in [0, 0.1) is 5.92 Å². The van der Waals surface area contributed by atoms with Gasteiger partial charge in [0, 0.05) is 6.54 Å². The lowest BCUT2D eigenvalue weighted by Crippen LogP contribution is -2.46. The number of anilines is 1. The number of nitrogens with zero attached hydrogens (tertiary/aromatic N) is 3. The van der Waals surface area contributed by atoms with Crippen molar-refractivity contribution in [1.29, 1.82) is 0 Å². The second kappa shape index (κ2) is 6.21. The molecule has 0 unspecified atom stereocenters. The number of nitrogens with two attached hydrogens (primary N) is 1. The van der Waals surface area contributed by atoms with Gasteiger partial charge >= 0.3 is 0 Å². The number of carbonyl (C=O) groups excluding carboxylic acids is 1. The molecule has 1 saturated carbocycles. The van der Waals surface area contributed by atoms with Gasteiger partial charge in [-0.05, 0) is 31.6 Å². The third-order valence-electron chi connectivity index (χ3n) is 4.09. The summed E-state index contributed by atoms with van der Waals surface area (Å²) in [6.45, 7) is 2.55. The zero-order valence-corrected chi connectivity index (χ0v) is 11.9. The van der Waals surface area contributed by atoms with E-state index < -0.39 is 5.60 Å². The second-order valence-electron chi connectivity index (χ2n) is 5.65. The summed E-state index contributed by atoms with van der Waals surface area (Å²) >= 11 is 0. The molecule has 0 spiro atoms. The summed E-state index contributed by atoms with van der Waals surface area (Å²) in [5.74, 6) is 0.666. The smallest absolute Gasteiger partial charge is 0.241 e. The maximum Gasteiger partial charge on any atom is 0.241 e. The van der Waals surface area contributed by atoms with Crippen molar-refractivity contribution in [3.8, 4) is 0 Å². The van der Waals surface area contributed by atoms with Gasteiger partial charge in [-0.2, -0.15) is 0 Å². The molecule has 112 valence electrons. The van der Waals surface area contributed by atoms with Gasteiger partial charge in [0.25, 0.3) is 0 Å². The lowest BCUT2D eigenvalue weighted by molar-refractivity contribution is -0.123. The normalized spacial score (nSPS) is 26.4. The van der Waals surface area contributed by atoms with Gasteiger partial charge in [0.2, 0.25) is 11.9 Å². The fourth-order valence-electron chi connectivity index (χ4n) is 2.65. The average Bonchev–Trinajstić information content (AvgIpc) is 2.83. The first-order valence-corrected chi connectivity index (χ1v) is 7.15. The molecule has 20 heavy (non-hydrogen) atoms. The van der Waals surface area contributed by atoms with Crippen LogP contribution in [0.25, 0.3) is 0 Å². The molecule has 0 aliphatic heterocycles. The van der Waals surface area contributed by atoms with Gasteiger partial charge in [0.05, 0.1) is 5.60 Å². The van der Waals surface area contributed by atoms with Crippen molar-refractivity contribution in [1.82, 2.24) is 20.1 Å². The van der Waals surface area contributed by atoms with E-state index in [4.69, 9.17) is 5.73 Å². The number of rotatable bonds is 5. The highest BCUT2D eigenvalue weighted by molar-refractivity contribution is 5.75. The Balaban J connectivity index is 1.75. The van der Waals surface area contributed by atoms with E-state index in [1.807, 2.05) is 0 Å². The lowest BCUT2D eigenvalue weighted by Gasteiger charge is -2.35. The monoisotopic (exact) mass is 281 g/mol. The number of aliphatic hydroxyl groups is 1. The van der Waals surface area contributed by atoms with Crippen molar-refractivity contribution >= 4 is 11.9 Å². The topological polar surface area (TPSA) is 106 Å². The van der Waals surface area contributed by atoms with Crippen LogP contribution >= 0.6 is 0 Å². The number of carbonyl (C=O) groups is 1. The van der Waals surface area contributed by atoms with Gasteiger partial charge in [0.15, 0.2) is 0 Å². The highest BCUT2D eigenvalue weighted by Crippen LogP contribution is 2.33. The first kappa shape index (κ1) is 14.8. The Kier molecular flexibility index (Phi) is 4.59. The number of aromatic nitrogens is 3. The third kappa shape index (κ3) is 3.93. The van der Waals surface area contributed by atoms with Crippen molar-refractivity contribution in [2.24, 2.45) is 5.92 Å². The SMILES string of the molecule is CCC1CCC(O)(CNC(=O)Cn2cnc(N)n2)CC1. The van der Waals surface area contributed by atoms with E-state index in [1.165, 1.54) is 11.0 Å². The van der Waals surface area contributed by atoms with Crippen molar-refractivity contribution < 1.29 is 9.90 Å². The molecule has 0 bridgehead atoms. The Bertz CT molecular complexity index is 451. The maximum atomic E-state index is 11.8. The van der Waals surface area contributed by atoms with E-state index in [9.17, 15) is 9.90 Å². The van der Waals surface area contributed by atoms with Crippen LogP contribution in [0.15, 0.2) is 6.33 Å². The zero-order valence-electron chi connectivity index (χ0n) is 11.9. The first-order valence-electron chi connectivity index (χ1n) is 7.15. The minimum atomic E-state index is -0.761. The standard InChI is InChI=1S/C13H23N5O2/c1-2-10-3-5-13(20,6-4-10)8-15-11(19)7-18-9-16-12(14)17-18/h9-10,20H,2-8H2,1H3,(H2,14,17)(H,15,19). The number of hydrogen-bond donors (Lipinski definition) is 3. The van der Waals surface area contributed by atoms with Crippen LogP contribution in [0.1, 0.15) is 39.0 Å². The number of hydrogen-bond acceptors (Lipinski definition) is 5. The predicted molar refractivity (Wildman–Crippen MR) is 74.6 cm³/mol. The quantitative estimate of drug-likeness (QED) is 0.720. The summed E-state index contributed by atoms with van der Waals surface area (Å²) in [6.07, 6.45) is 6.14. The van der Waals surface area contributed by atoms with Crippen LogP contribution < -0.4 is 11.1 Å². The summed E-state index contributed by atoms with van der Waals surface area (Å²) in [5.41, 5.74) is 4.62. The highest BCUT2D eigenvalue weighted by atomic mass is 16.3.